The molecule has 11 heteroatoms. The normalized spacial score (nSPS) is 23.8. The van der Waals surface area contributed by atoms with Crippen LogP contribution in [0.2, 0.25) is 0 Å². The number of allylic oxidation sites excluding steroid dienone is 1. The summed E-state index contributed by atoms with van der Waals surface area (Å²) in [5.74, 6) is -6.83. The summed E-state index contributed by atoms with van der Waals surface area (Å²) in [7, 11) is 1.20. The lowest BCUT2D eigenvalue weighted by atomic mass is 9.74. The molecule has 3 aromatic rings. The van der Waals surface area contributed by atoms with Gasteiger partial charge in [0.15, 0.2) is 11.6 Å². The highest BCUT2D eigenvalue weighted by molar-refractivity contribution is 6.00. The van der Waals surface area contributed by atoms with Crippen LogP contribution in [0.3, 0.4) is 0 Å². The number of hydrogen-bond donors (Lipinski definition) is 2. The van der Waals surface area contributed by atoms with Crippen molar-refractivity contribution in [2.75, 3.05) is 12.4 Å². The SMILES string of the molecule is COc1cc(F)c(F)cc1C(=O)N[C@H]1[C@@H](C(=O)Nc2ccc(F)c(C(F)(F)F)c2)C2CCC13C(/C=C/c1ccccc1)=C23. The zero-order valence-corrected chi connectivity index (χ0v) is 22.6. The molecule has 2 fully saturated rings. The van der Waals surface area contributed by atoms with Gasteiger partial charge in [-0.25, -0.2) is 13.2 Å². The molecule has 5 nitrogen and oxygen atoms in total. The molecule has 2 N–H and O–H groups in total. The van der Waals surface area contributed by atoms with Gasteiger partial charge >= 0.3 is 6.18 Å². The number of methoxy groups -OCH3 is 1. The van der Waals surface area contributed by atoms with E-state index in [1.165, 1.54) is 7.11 Å². The minimum absolute atomic E-state index is 0.211. The highest BCUT2D eigenvalue weighted by Crippen LogP contribution is 2.76. The van der Waals surface area contributed by atoms with E-state index in [1.807, 2.05) is 42.5 Å². The Morgan fingerprint density at radius 2 is 1.67 bits per heavy atom. The molecule has 3 aromatic carbocycles. The van der Waals surface area contributed by atoms with Crippen molar-refractivity contribution in [1.82, 2.24) is 5.32 Å². The predicted molar refractivity (Wildman–Crippen MR) is 145 cm³/mol. The van der Waals surface area contributed by atoms with Crippen molar-refractivity contribution in [2.45, 2.75) is 25.1 Å². The molecule has 3 aliphatic rings. The molecule has 0 spiro atoms. The van der Waals surface area contributed by atoms with Gasteiger partial charge in [-0.15, -0.1) is 0 Å². The van der Waals surface area contributed by atoms with E-state index in [1.54, 1.807) is 0 Å². The summed E-state index contributed by atoms with van der Waals surface area (Å²) in [5.41, 5.74) is 0.115. The molecule has 43 heavy (non-hydrogen) atoms. The molecule has 3 aliphatic carbocycles. The number of carbonyl (C=O) groups is 2. The molecule has 0 aliphatic heterocycles. The van der Waals surface area contributed by atoms with E-state index in [0.717, 1.165) is 28.8 Å². The summed E-state index contributed by atoms with van der Waals surface area (Å²) in [6, 6.07) is 12.3. The summed E-state index contributed by atoms with van der Waals surface area (Å²) < 4.78 is 86.8. The lowest BCUT2D eigenvalue weighted by molar-refractivity contribution is -0.140. The quantitative estimate of drug-likeness (QED) is 0.290. The molecule has 4 atom stereocenters. The van der Waals surface area contributed by atoms with Gasteiger partial charge < -0.3 is 15.4 Å². The minimum atomic E-state index is -4.97. The van der Waals surface area contributed by atoms with Gasteiger partial charge in [0.2, 0.25) is 5.91 Å². The third-order valence-electron chi connectivity index (χ3n) is 8.59. The second-order valence-corrected chi connectivity index (χ2v) is 10.8. The number of anilines is 1. The van der Waals surface area contributed by atoms with Crippen LogP contribution in [0.5, 0.6) is 5.75 Å². The zero-order valence-electron chi connectivity index (χ0n) is 22.6. The van der Waals surface area contributed by atoms with Crippen molar-refractivity contribution in [3.05, 3.63) is 112 Å². The van der Waals surface area contributed by atoms with Gasteiger partial charge in [-0.05, 0) is 59.7 Å². The molecule has 2 unspecified atom stereocenters. The molecule has 0 aromatic heterocycles. The molecule has 2 amide bonds. The monoisotopic (exact) mass is 598 g/mol. The lowest BCUT2D eigenvalue weighted by Crippen LogP contribution is -2.52. The van der Waals surface area contributed by atoms with Crippen LogP contribution >= 0.6 is 0 Å². The van der Waals surface area contributed by atoms with E-state index < -0.39 is 58.4 Å². The Balaban J connectivity index is 1.34. The van der Waals surface area contributed by atoms with Gasteiger partial charge in [0.25, 0.3) is 5.91 Å². The highest BCUT2D eigenvalue weighted by Gasteiger charge is 2.73. The first kappa shape index (κ1) is 28.6. The number of halogens is 6. The van der Waals surface area contributed by atoms with Gasteiger partial charge in [0.05, 0.1) is 30.2 Å². The number of amides is 2. The number of benzene rings is 3. The first-order chi connectivity index (χ1) is 20.5. The predicted octanol–water partition coefficient (Wildman–Crippen LogP) is 6.92. The second-order valence-electron chi connectivity index (χ2n) is 10.8. The molecular formula is C32H24F6N2O3. The van der Waals surface area contributed by atoms with Crippen LogP contribution in [-0.2, 0) is 11.0 Å². The van der Waals surface area contributed by atoms with Crippen molar-refractivity contribution in [3.63, 3.8) is 0 Å². The fraction of sp³-hybridized carbons (Fsp3) is 0.250. The molecule has 0 saturated heterocycles. The Morgan fingerprint density at radius 3 is 2.37 bits per heavy atom. The molecule has 2 bridgehead atoms. The highest BCUT2D eigenvalue weighted by atomic mass is 19.4. The topological polar surface area (TPSA) is 67.4 Å². The van der Waals surface area contributed by atoms with Crippen molar-refractivity contribution in [2.24, 2.45) is 17.3 Å². The fourth-order valence-corrected chi connectivity index (χ4v) is 6.76. The average Bonchev–Trinajstić information content (AvgIpc) is 3.30. The Bertz CT molecular complexity index is 1700. The molecule has 0 heterocycles. The Hall–Kier alpha value is -4.54. The fourth-order valence-electron chi connectivity index (χ4n) is 6.76. The van der Waals surface area contributed by atoms with Crippen LogP contribution < -0.4 is 15.4 Å². The van der Waals surface area contributed by atoms with Crippen LogP contribution in [0.1, 0.15) is 34.3 Å². The summed E-state index contributed by atoms with van der Waals surface area (Å²) >= 11 is 0. The van der Waals surface area contributed by atoms with E-state index in [9.17, 15) is 35.9 Å². The van der Waals surface area contributed by atoms with Crippen LogP contribution in [0.15, 0.2) is 77.9 Å². The van der Waals surface area contributed by atoms with Crippen LogP contribution in [0, 0.1) is 34.7 Å². The molecule has 0 radical (unpaired) electrons. The number of alkyl halides is 3. The molecule has 222 valence electrons. The first-order valence-corrected chi connectivity index (χ1v) is 13.5. The average molecular weight is 599 g/mol. The van der Waals surface area contributed by atoms with Gasteiger partial charge in [0, 0.05) is 17.2 Å². The Labute approximate surface area is 242 Å². The molecule has 6 rings (SSSR count). The summed E-state index contributed by atoms with van der Waals surface area (Å²) in [6.45, 7) is 0. The maximum absolute atomic E-state index is 14.1. The Morgan fingerprint density at radius 1 is 0.953 bits per heavy atom. The lowest BCUT2D eigenvalue weighted by Gasteiger charge is -2.36. The van der Waals surface area contributed by atoms with E-state index in [0.29, 0.717) is 31.0 Å². The van der Waals surface area contributed by atoms with Crippen molar-refractivity contribution >= 4 is 23.6 Å². The van der Waals surface area contributed by atoms with E-state index in [2.05, 4.69) is 10.6 Å². The van der Waals surface area contributed by atoms with Gasteiger partial charge in [-0.1, -0.05) is 42.5 Å². The standard InChI is InChI=1S/C32H24F6N2O3/c1-43-25-15-24(35)23(34)14-19(25)29(41)40-28-26(30(42)39-17-8-10-22(33)21(13-17)32(36,37)38)18-11-12-31(28)20(27(18)31)9-7-16-5-3-2-4-6-16/h2-10,13-15,18,26,28H,11-12H2,1H3,(H,39,42)(H,40,41)/b9-7+/t18?,26-,28-,31?/m0/s1. The van der Waals surface area contributed by atoms with Crippen molar-refractivity contribution < 1.29 is 40.7 Å². The Kier molecular flexibility index (Phi) is 6.86. The number of hydrogen-bond acceptors (Lipinski definition) is 3. The maximum atomic E-state index is 14.1. The number of carbonyl (C=O) groups excluding carboxylic acids is 2. The maximum Gasteiger partial charge on any atom is 0.419 e. The van der Waals surface area contributed by atoms with E-state index in [4.69, 9.17) is 4.74 Å². The first-order valence-electron chi connectivity index (χ1n) is 13.5. The van der Waals surface area contributed by atoms with E-state index in [-0.39, 0.29) is 22.9 Å². The third-order valence-corrected chi connectivity index (χ3v) is 8.59. The molecule has 2 saturated carbocycles. The minimum Gasteiger partial charge on any atom is -0.496 e. The third kappa shape index (κ3) is 4.76. The van der Waals surface area contributed by atoms with Crippen LogP contribution in [0.4, 0.5) is 32.0 Å². The van der Waals surface area contributed by atoms with Gasteiger partial charge in [-0.3, -0.25) is 9.59 Å². The largest absolute Gasteiger partial charge is 0.496 e. The number of rotatable bonds is 7. The zero-order chi connectivity index (χ0) is 30.7. The van der Waals surface area contributed by atoms with Crippen LogP contribution in [-0.4, -0.2) is 25.0 Å². The number of nitrogens with one attached hydrogen (secondary N) is 2. The van der Waals surface area contributed by atoms with Gasteiger partial charge in [-0.2, -0.15) is 13.2 Å². The second kappa shape index (κ2) is 10.3. The van der Waals surface area contributed by atoms with Crippen molar-refractivity contribution in [1.29, 1.82) is 0 Å². The van der Waals surface area contributed by atoms with E-state index >= 15 is 0 Å². The van der Waals surface area contributed by atoms with Gasteiger partial charge in [0.1, 0.15) is 11.6 Å². The smallest absolute Gasteiger partial charge is 0.419 e. The molecular weight excluding hydrogens is 574 g/mol. The van der Waals surface area contributed by atoms with Crippen LogP contribution in [0.25, 0.3) is 6.08 Å². The number of ether oxygens (including phenoxy) is 1. The van der Waals surface area contributed by atoms with Crippen molar-refractivity contribution in [3.8, 4) is 5.75 Å². The summed E-state index contributed by atoms with van der Waals surface area (Å²) in [5, 5.41) is 5.30. The summed E-state index contributed by atoms with van der Waals surface area (Å²) in [4.78, 5) is 27.1. The summed E-state index contributed by atoms with van der Waals surface area (Å²) in [6.07, 6.45) is 0.0861.